The molecule has 140 valence electrons. The van der Waals surface area contributed by atoms with Gasteiger partial charge in [0.25, 0.3) is 5.56 Å². The summed E-state index contributed by atoms with van der Waals surface area (Å²) in [5.74, 6) is -2.95. The lowest BCUT2D eigenvalue weighted by Gasteiger charge is -2.12. The first-order valence-corrected chi connectivity index (χ1v) is 8.43. The third kappa shape index (κ3) is 4.36. The zero-order chi connectivity index (χ0) is 19.6. The van der Waals surface area contributed by atoms with Crippen LogP contribution in [0.2, 0.25) is 0 Å². The highest BCUT2D eigenvalue weighted by Crippen LogP contribution is 2.14. The predicted octanol–water partition coefficient (Wildman–Crippen LogP) is 3.20. The number of rotatable bonds is 5. The minimum Gasteiger partial charge on any atom is -0.459 e. The quantitative estimate of drug-likeness (QED) is 0.646. The van der Waals surface area contributed by atoms with Gasteiger partial charge in [0.1, 0.15) is 12.3 Å². The Morgan fingerprint density at radius 2 is 1.96 bits per heavy atom. The molecule has 0 spiro atoms. The van der Waals surface area contributed by atoms with Crippen LogP contribution in [0.4, 0.5) is 8.78 Å². The van der Waals surface area contributed by atoms with Crippen LogP contribution in [-0.4, -0.2) is 15.4 Å². The van der Waals surface area contributed by atoms with E-state index in [1.54, 1.807) is 19.2 Å². The molecule has 0 N–H and O–H groups in total. The summed E-state index contributed by atoms with van der Waals surface area (Å²) >= 11 is 0. The molecule has 0 fully saturated rings. The van der Waals surface area contributed by atoms with Crippen LogP contribution < -0.4 is 5.56 Å². The maximum atomic E-state index is 13.3. The second-order valence-electron chi connectivity index (χ2n) is 6.48. The van der Waals surface area contributed by atoms with E-state index in [0.717, 1.165) is 17.7 Å². The first-order chi connectivity index (χ1) is 12.8. The third-order valence-electron chi connectivity index (χ3n) is 4.15. The van der Waals surface area contributed by atoms with Gasteiger partial charge in [-0.25, -0.2) is 13.8 Å². The van der Waals surface area contributed by atoms with E-state index < -0.39 is 23.5 Å². The Kier molecular flexibility index (Phi) is 5.30. The maximum Gasteiger partial charge on any atom is 0.309 e. The summed E-state index contributed by atoms with van der Waals surface area (Å²) in [4.78, 5) is 28.6. The fourth-order valence-electron chi connectivity index (χ4n) is 2.72. The van der Waals surface area contributed by atoms with Gasteiger partial charge in [0.2, 0.25) is 0 Å². The highest BCUT2D eigenvalue weighted by atomic mass is 19.2. The second kappa shape index (κ2) is 7.65. The van der Waals surface area contributed by atoms with E-state index in [4.69, 9.17) is 4.74 Å². The minimum absolute atomic E-state index is 0.138. The molecular formula is C20H18F2N2O3. The van der Waals surface area contributed by atoms with Gasteiger partial charge < -0.3 is 4.74 Å². The summed E-state index contributed by atoms with van der Waals surface area (Å²) in [6.07, 6.45) is 1.90. The van der Waals surface area contributed by atoms with E-state index in [1.165, 1.54) is 16.5 Å². The molecule has 7 heteroatoms. The smallest absolute Gasteiger partial charge is 0.309 e. The standard InChI is InChI=1S/C20H18F2N2O3/c1-12-3-6-18-23-15(9-19(25)24(18)10-12)11-27-20(26)13(2)7-14-4-5-16(21)17(22)8-14/h3-6,8-10,13H,7,11H2,1-2H3. The molecule has 2 aromatic heterocycles. The number of aromatic nitrogens is 2. The van der Waals surface area contributed by atoms with Gasteiger partial charge in [-0.05, 0) is 42.7 Å². The summed E-state index contributed by atoms with van der Waals surface area (Å²) in [7, 11) is 0. The van der Waals surface area contributed by atoms with Crippen molar-refractivity contribution in [1.29, 1.82) is 0 Å². The lowest BCUT2D eigenvalue weighted by molar-refractivity contribution is -0.149. The molecule has 1 atom stereocenters. The summed E-state index contributed by atoms with van der Waals surface area (Å²) in [5, 5.41) is 0. The summed E-state index contributed by atoms with van der Waals surface area (Å²) < 4.78 is 32.9. The SMILES string of the molecule is Cc1ccc2nc(COC(=O)C(C)Cc3ccc(F)c(F)c3)cc(=O)n2c1. The highest BCUT2D eigenvalue weighted by Gasteiger charge is 2.17. The number of carbonyl (C=O) groups is 1. The van der Waals surface area contributed by atoms with Gasteiger partial charge in [0, 0.05) is 12.3 Å². The van der Waals surface area contributed by atoms with Crippen LogP contribution in [0.1, 0.15) is 23.7 Å². The fourth-order valence-corrected chi connectivity index (χ4v) is 2.72. The third-order valence-corrected chi connectivity index (χ3v) is 4.15. The normalized spacial score (nSPS) is 12.1. The Hall–Kier alpha value is -3.09. The van der Waals surface area contributed by atoms with Gasteiger partial charge >= 0.3 is 5.97 Å². The van der Waals surface area contributed by atoms with Crippen molar-refractivity contribution < 1.29 is 18.3 Å². The number of benzene rings is 1. The number of halogens is 2. The van der Waals surface area contributed by atoms with Gasteiger partial charge in [0.15, 0.2) is 11.6 Å². The number of hydrogen-bond donors (Lipinski definition) is 0. The maximum absolute atomic E-state index is 13.3. The minimum atomic E-state index is -0.954. The van der Waals surface area contributed by atoms with E-state index in [-0.39, 0.29) is 18.6 Å². The van der Waals surface area contributed by atoms with Gasteiger partial charge in [0.05, 0.1) is 11.6 Å². The van der Waals surface area contributed by atoms with Gasteiger partial charge in [-0.3, -0.25) is 14.0 Å². The lowest BCUT2D eigenvalue weighted by Crippen LogP contribution is -2.20. The van der Waals surface area contributed by atoms with Crippen molar-refractivity contribution >= 4 is 11.6 Å². The molecule has 5 nitrogen and oxygen atoms in total. The van der Waals surface area contributed by atoms with E-state index in [9.17, 15) is 18.4 Å². The number of esters is 1. The predicted molar refractivity (Wildman–Crippen MR) is 95.2 cm³/mol. The molecule has 0 amide bonds. The van der Waals surface area contributed by atoms with Crippen molar-refractivity contribution in [3.63, 3.8) is 0 Å². The van der Waals surface area contributed by atoms with Crippen molar-refractivity contribution in [2.75, 3.05) is 0 Å². The van der Waals surface area contributed by atoms with Crippen LogP contribution >= 0.6 is 0 Å². The number of pyridine rings is 1. The van der Waals surface area contributed by atoms with Gasteiger partial charge in [-0.1, -0.05) is 19.1 Å². The molecule has 0 aliphatic carbocycles. The average molecular weight is 372 g/mol. The molecule has 0 aliphatic heterocycles. The van der Waals surface area contributed by atoms with Crippen molar-refractivity contribution in [3.05, 3.63) is 81.4 Å². The van der Waals surface area contributed by atoms with Crippen molar-refractivity contribution in [1.82, 2.24) is 9.38 Å². The molecule has 0 bridgehead atoms. The summed E-state index contributed by atoms with van der Waals surface area (Å²) in [5.41, 5.74) is 1.98. The van der Waals surface area contributed by atoms with E-state index in [1.807, 2.05) is 13.0 Å². The Labute approximate surface area is 154 Å². The number of hydrogen-bond acceptors (Lipinski definition) is 4. The van der Waals surface area contributed by atoms with Crippen molar-refractivity contribution in [2.45, 2.75) is 26.9 Å². The first-order valence-electron chi connectivity index (χ1n) is 8.43. The Morgan fingerprint density at radius 1 is 1.19 bits per heavy atom. The average Bonchev–Trinajstić information content (AvgIpc) is 2.63. The van der Waals surface area contributed by atoms with Gasteiger partial charge in [-0.2, -0.15) is 0 Å². The molecule has 2 heterocycles. The molecule has 0 saturated heterocycles. The first kappa shape index (κ1) is 18.7. The second-order valence-corrected chi connectivity index (χ2v) is 6.48. The monoisotopic (exact) mass is 372 g/mol. The number of aryl methyl sites for hydroxylation is 1. The zero-order valence-corrected chi connectivity index (χ0v) is 14.9. The number of ether oxygens (including phenoxy) is 1. The summed E-state index contributed by atoms with van der Waals surface area (Å²) in [6.45, 7) is 3.37. The molecule has 1 unspecified atom stereocenters. The van der Waals surface area contributed by atoms with E-state index >= 15 is 0 Å². The Morgan fingerprint density at radius 3 is 2.70 bits per heavy atom. The fraction of sp³-hybridized carbons (Fsp3) is 0.250. The summed E-state index contributed by atoms with van der Waals surface area (Å²) in [6, 6.07) is 8.38. The molecule has 3 aromatic rings. The number of fused-ring (bicyclic) bond motifs is 1. The largest absolute Gasteiger partial charge is 0.459 e. The zero-order valence-electron chi connectivity index (χ0n) is 14.9. The van der Waals surface area contributed by atoms with Crippen LogP contribution in [0.25, 0.3) is 5.65 Å². The molecule has 0 radical (unpaired) electrons. The number of carbonyl (C=O) groups excluding carboxylic acids is 1. The topological polar surface area (TPSA) is 60.7 Å². The van der Waals surface area contributed by atoms with Crippen LogP contribution in [0.3, 0.4) is 0 Å². The Bertz CT molecular complexity index is 1060. The van der Waals surface area contributed by atoms with E-state index in [2.05, 4.69) is 4.98 Å². The Balaban J connectivity index is 1.66. The number of nitrogens with zero attached hydrogens (tertiary/aromatic N) is 2. The lowest BCUT2D eigenvalue weighted by atomic mass is 10.0. The van der Waals surface area contributed by atoms with Crippen LogP contribution in [0.5, 0.6) is 0 Å². The van der Waals surface area contributed by atoms with Gasteiger partial charge in [-0.15, -0.1) is 0 Å². The highest BCUT2D eigenvalue weighted by molar-refractivity contribution is 5.72. The molecular weight excluding hydrogens is 354 g/mol. The molecule has 27 heavy (non-hydrogen) atoms. The van der Waals surface area contributed by atoms with Crippen molar-refractivity contribution in [2.24, 2.45) is 5.92 Å². The van der Waals surface area contributed by atoms with E-state index in [0.29, 0.717) is 16.9 Å². The van der Waals surface area contributed by atoms with Crippen LogP contribution in [0, 0.1) is 24.5 Å². The molecule has 0 saturated carbocycles. The van der Waals surface area contributed by atoms with Crippen LogP contribution in [0.15, 0.2) is 47.4 Å². The molecule has 1 aromatic carbocycles. The van der Waals surface area contributed by atoms with Crippen LogP contribution in [-0.2, 0) is 22.6 Å². The van der Waals surface area contributed by atoms with Crippen molar-refractivity contribution in [3.8, 4) is 0 Å². The molecule has 0 aliphatic rings. The molecule has 3 rings (SSSR count).